The molecular formula is C22H29N5O2. The van der Waals surface area contributed by atoms with E-state index in [1.165, 1.54) is 7.05 Å². The second-order valence-corrected chi connectivity index (χ2v) is 6.68. The van der Waals surface area contributed by atoms with Gasteiger partial charge in [0.2, 0.25) is 0 Å². The van der Waals surface area contributed by atoms with E-state index < -0.39 is 6.03 Å². The monoisotopic (exact) mass is 395 g/mol. The maximum Gasteiger partial charge on any atom is 0.335 e. The topological polar surface area (TPSA) is 106 Å². The third-order valence-electron chi connectivity index (χ3n) is 4.39. The Bertz CT molecular complexity index is 919. The van der Waals surface area contributed by atoms with Crippen molar-refractivity contribution in [1.29, 1.82) is 0 Å². The quantitative estimate of drug-likeness (QED) is 0.288. The number of carbonyl (C=O) groups excluding carboxylic acids is 1. The standard InChI is InChI=1S/C22H29N5O2/c1-5-25-12-11-19(23)17-9-10-21(16(3)13-17)29-14-18-15(2)7-6-8-20(18)26-22(28)27(4)24/h6-13H,5,14,23-24H2,1-4H3,(H,26,28). The third kappa shape index (κ3) is 6.08. The number of nitrogens with two attached hydrogens (primary N) is 2. The van der Waals surface area contributed by atoms with Crippen LogP contribution in [-0.4, -0.2) is 30.8 Å². The summed E-state index contributed by atoms with van der Waals surface area (Å²) in [5.41, 5.74) is 11.2. The van der Waals surface area contributed by atoms with Gasteiger partial charge in [-0.05, 0) is 67.8 Å². The molecule has 0 spiro atoms. The molecule has 0 saturated carbocycles. The lowest BCUT2D eigenvalue weighted by Gasteiger charge is -2.18. The maximum atomic E-state index is 11.9. The summed E-state index contributed by atoms with van der Waals surface area (Å²) >= 11 is 0. The van der Waals surface area contributed by atoms with Crippen LogP contribution >= 0.6 is 0 Å². The number of nitrogens with one attached hydrogen (secondary N) is 1. The van der Waals surface area contributed by atoms with E-state index in [1.54, 1.807) is 12.3 Å². The highest BCUT2D eigenvalue weighted by molar-refractivity contribution is 5.89. The summed E-state index contributed by atoms with van der Waals surface area (Å²) in [5.74, 6) is 6.25. The number of amides is 2. The number of aryl methyl sites for hydroxylation is 2. The van der Waals surface area contributed by atoms with Crippen LogP contribution in [0.3, 0.4) is 0 Å². The van der Waals surface area contributed by atoms with Gasteiger partial charge in [-0.25, -0.2) is 10.6 Å². The first kappa shape index (κ1) is 22.0. The molecule has 2 amide bonds. The first-order valence-corrected chi connectivity index (χ1v) is 9.40. The van der Waals surface area contributed by atoms with Gasteiger partial charge in [0, 0.05) is 36.8 Å². The molecular weight excluding hydrogens is 366 g/mol. The number of ether oxygens (including phenoxy) is 1. The molecule has 0 aliphatic heterocycles. The van der Waals surface area contributed by atoms with Gasteiger partial charge in [0.05, 0.1) is 0 Å². The summed E-state index contributed by atoms with van der Waals surface area (Å²) in [6, 6.07) is 11.1. The molecule has 0 saturated heterocycles. The molecule has 0 radical (unpaired) electrons. The van der Waals surface area contributed by atoms with Crippen molar-refractivity contribution in [3.8, 4) is 5.75 Å². The SMILES string of the molecule is CCN=CC=C(N)c1ccc(OCc2c(C)cccc2NC(=O)N(C)N)c(C)c1. The zero-order valence-electron chi connectivity index (χ0n) is 17.4. The van der Waals surface area contributed by atoms with E-state index in [2.05, 4.69) is 10.3 Å². The summed E-state index contributed by atoms with van der Waals surface area (Å²) in [7, 11) is 1.49. The van der Waals surface area contributed by atoms with Crippen LogP contribution in [0.5, 0.6) is 5.75 Å². The van der Waals surface area contributed by atoms with Gasteiger partial charge in [0.25, 0.3) is 0 Å². The predicted molar refractivity (Wildman–Crippen MR) is 119 cm³/mol. The fourth-order valence-corrected chi connectivity index (χ4v) is 2.69. The van der Waals surface area contributed by atoms with Crippen molar-refractivity contribution in [2.75, 3.05) is 18.9 Å². The molecule has 0 heterocycles. The van der Waals surface area contributed by atoms with Crippen LogP contribution in [0.25, 0.3) is 5.70 Å². The molecule has 2 rings (SSSR count). The van der Waals surface area contributed by atoms with Crippen LogP contribution in [-0.2, 0) is 6.61 Å². The van der Waals surface area contributed by atoms with Crippen molar-refractivity contribution in [3.63, 3.8) is 0 Å². The van der Waals surface area contributed by atoms with E-state index in [1.807, 2.05) is 57.2 Å². The zero-order valence-corrected chi connectivity index (χ0v) is 17.4. The van der Waals surface area contributed by atoms with Crippen molar-refractivity contribution in [2.24, 2.45) is 16.6 Å². The number of anilines is 1. The number of carbonyl (C=O) groups is 1. The first-order valence-electron chi connectivity index (χ1n) is 9.40. The maximum absolute atomic E-state index is 11.9. The number of nitrogens with zero attached hydrogens (tertiary/aromatic N) is 2. The number of hydrazine groups is 1. The van der Waals surface area contributed by atoms with E-state index in [0.29, 0.717) is 18.0 Å². The van der Waals surface area contributed by atoms with E-state index in [-0.39, 0.29) is 0 Å². The van der Waals surface area contributed by atoms with E-state index >= 15 is 0 Å². The summed E-state index contributed by atoms with van der Waals surface area (Å²) in [4.78, 5) is 16.1. The molecule has 7 nitrogen and oxygen atoms in total. The third-order valence-corrected chi connectivity index (χ3v) is 4.39. The van der Waals surface area contributed by atoms with Crippen molar-refractivity contribution in [3.05, 3.63) is 64.7 Å². The van der Waals surface area contributed by atoms with Gasteiger partial charge < -0.3 is 15.8 Å². The van der Waals surface area contributed by atoms with Crippen LogP contribution in [0.15, 0.2) is 47.5 Å². The van der Waals surface area contributed by atoms with E-state index in [4.69, 9.17) is 16.3 Å². The van der Waals surface area contributed by atoms with Gasteiger partial charge in [0.15, 0.2) is 0 Å². The summed E-state index contributed by atoms with van der Waals surface area (Å²) < 4.78 is 6.04. The smallest absolute Gasteiger partial charge is 0.335 e. The van der Waals surface area contributed by atoms with Gasteiger partial charge in [0.1, 0.15) is 12.4 Å². The Morgan fingerprint density at radius 3 is 2.66 bits per heavy atom. The fourth-order valence-electron chi connectivity index (χ4n) is 2.69. The van der Waals surface area contributed by atoms with Gasteiger partial charge >= 0.3 is 6.03 Å². The molecule has 2 aromatic carbocycles. The molecule has 0 bridgehead atoms. The number of hydrogen-bond acceptors (Lipinski definition) is 5. The molecule has 0 aromatic heterocycles. The lowest BCUT2D eigenvalue weighted by atomic mass is 10.1. The predicted octanol–water partition coefficient (Wildman–Crippen LogP) is 3.61. The minimum absolute atomic E-state index is 0.311. The Balaban J connectivity index is 2.17. The largest absolute Gasteiger partial charge is 0.489 e. The lowest BCUT2D eigenvalue weighted by molar-refractivity contribution is 0.223. The number of benzene rings is 2. The Morgan fingerprint density at radius 1 is 1.24 bits per heavy atom. The highest BCUT2D eigenvalue weighted by Crippen LogP contribution is 2.26. The van der Waals surface area contributed by atoms with Gasteiger partial charge in [-0.1, -0.05) is 12.1 Å². The van der Waals surface area contributed by atoms with Crippen molar-refractivity contribution in [1.82, 2.24) is 5.01 Å². The molecule has 0 fully saturated rings. The molecule has 154 valence electrons. The highest BCUT2D eigenvalue weighted by Gasteiger charge is 2.12. The van der Waals surface area contributed by atoms with Gasteiger partial charge in [-0.15, -0.1) is 0 Å². The summed E-state index contributed by atoms with van der Waals surface area (Å²) in [5, 5.41) is 3.79. The van der Waals surface area contributed by atoms with Crippen LogP contribution in [0.1, 0.15) is 29.2 Å². The molecule has 0 atom stereocenters. The average Bonchev–Trinajstić information content (AvgIpc) is 2.68. The Kier molecular flexibility index (Phi) is 7.79. The van der Waals surface area contributed by atoms with Crippen molar-refractivity contribution < 1.29 is 9.53 Å². The Labute approximate surface area is 172 Å². The Morgan fingerprint density at radius 2 is 2.00 bits per heavy atom. The number of hydrogen-bond donors (Lipinski definition) is 3. The molecule has 0 aliphatic rings. The van der Waals surface area contributed by atoms with Crippen LogP contribution < -0.4 is 21.6 Å². The zero-order chi connectivity index (χ0) is 21.4. The normalized spacial score (nSPS) is 11.6. The number of urea groups is 1. The van der Waals surface area contributed by atoms with Crippen LogP contribution in [0, 0.1) is 13.8 Å². The highest BCUT2D eigenvalue weighted by atomic mass is 16.5. The molecule has 0 aliphatic carbocycles. The fraction of sp³-hybridized carbons (Fsp3) is 0.273. The summed E-state index contributed by atoms with van der Waals surface area (Å²) in [6.45, 7) is 6.94. The Hall–Kier alpha value is -3.32. The van der Waals surface area contributed by atoms with Gasteiger partial charge in [-0.2, -0.15) is 0 Å². The lowest BCUT2D eigenvalue weighted by Crippen LogP contribution is -2.37. The molecule has 7 heteroatoms. The van der Waals surface area contributed by atoms with Crippen LogP contribution in [0.4, 0.5) is 10.5 Å². The minimum atomic E-state index is -0.397. The molecule has 29 heavy (non-hydrogen) atoms. The second-order valence-electron chi connectivity index (χ2n) is 6.68. The molecule has 5 N–H and O–H groups in total. The van der Waals surface area contributed by atoms with E-state index in [9.17, 15) is 4.79 Å². The average molecular weight is 396 g/mol. The van der Waals surface area contributed by atoms with Gasteiger partial charge in [-0.3, -0.25) is 10.0 Å². The number of rotatable bonds is 7. The van der Waals surface area contributed by atoms with Crippen molar-refractivity contribution >= 4 is 23.6 Å². The van der Waals surface area contributed by atoms with E-state index in [0.717, 1.165) is 39.6 Å². The number of allylic oxidation sites excluding steroid dienone is 1. The molecule has 0 unspecified atom stereocenters. The first-order chi connectivity index (χ1) is 13.8. The van der Waals surface area contributed by atoms with Crippen molar-refractivity contribution in [2.45, 2.75) is 27.4 Å². The minimum Gasteiger partial charge on any atom is -0.489 e. The number of aliphatic imine (C=N–C) groups is 1. The molecule has 2 aromatic rings. The summed E-state index contributed by atoms with van der Waals surface area (Å²) in [6.07, 6.45) is 3.50. The van der Waals surface area contributed by atoms with Crippen LogP contribution in [0.2, 0.25) is 0 Å². The second kappa shape index (κ2) is 10.3.